The highest BCUT2D eigenvalue weighted by Crippen LogP contribution is 2.26. The summed E-state index contributed by atoms with van der Waals surface area (Å²) in [5.74, 6) is 0.815. The Morgan fingerprint density at radius 1 is 1.44 bits per heavy atom. The topological polar surface area (TPSA) is 21.3 Å². The zero-order valence-electron chi connectivity index (χ0n) is 9.85. The Balaban J connectivity index is 2.15. The van der Waals surface area contributed by atoms with Crippen molar-refractivity contribution < 1.29 is 9.13 Å². The summed E-state index contributed by atoms with van der Waals surface area (Å²) in [6, 6.07) is 6.01. The van der Waals surface area contributed by atoms with Gasteiger partial charge >= 0.3 is 0 Å². The molecule has 0 unspecified atom stereocenters. The molecule has 1 aliphatic rings. The third-order valence-electron chi connectivity index (χ3n) is 2.67. The SMILES string of the molecule is CC(C)(F)COc1cccc2c1CNCC2. The maximum Gasteiger partial charge on any atom is 0.139 e. The molecule has 2 nitrogen and oxygen atoms in total. The van der Waals surface area contributed by atoms with Crippen molar-refractivity contribution in [3.05, 3.63) is 29.3 Å². The van der Waals surface area contributed by atoms with Gasteiger partial charge in [-0.05, 0) is 38.4 Å². The number of hydrogen-bond donors (Lipinski definition) is 1. The van der Waals surface area contributed by atoms with Gasteiger partial charge in [0.15, 0.2) is 0 Å². The van der Waals surface area contributed by atoms with Crippen molar-refractivity contribution in [2.24, 2.45) is 0 Å². The van der Waals surface area contributed by atoms with Crippen LogP contribution in [0.5, 0.6) is 5.75 Å². The van der Waals surface area contributed by atoms with Crippen molar-refractivity contribution in [2.75, 3.05) is 13.2 Å². The summed E-state index contributed by atoms with van der Waals surface area (Å²) in [6.45, 7) is 4.98. The van der Waals surface area contributed by atoms with Crippen LogP contribution in [0.3, 0.4) is 0 Å². The Labute approximate surface area is 95.8 Å². The average Bonchev–Trinajstić information content (AvgIpc) is 2.25. The van der Waals surface area contributed by atoms with Gasteiger partial charge in [0.2, 0.25) is 0 Å². The molecule has 16 heavy (non-hydrogen) atoms. The molecule has 1 aliphatic heterocycles. The van der Waals surface area contributed by atoms with Crippen LogP contribution in [0, 0.1) is 0 Å². The molecule has 0 spiro atoms. The minimum Gasteiger partial charge on any atom is -0.490 e. The summed E-state index contributed by atoms with van der Waals surface area (Å²) < 4.78 is 18.9. The number of ether oxygens (including phenoxy) is 1. The summed E-state index contributed by atoms with van der Waals surface area (Å²) in [7, 11) is 0. The molecular formula is C13H18FNO. The minimum atomic E-state index is -1.29. The molecule has 88 valence electrons. The molecule has 0 radical (unpaired) electrons. The highest BCUT2D eigenvalue weighted by atomic mass is 19.1. The lowest BCUT2D eigenvalue weighted by Crippen LogP contribution is -2.26. The molecule has 1 aromatic carbocycles. The van der Waals surface area contributed by atoms with Crippen molar-refractivity contribution in [3.63, 3.8) is 0 Å². The lowest BCUT2D eigenvalue weighted by molar-refractivity contribution is 0.120. The predicted molar refractivity (Wildman–Crippen MR) is 62.5 cm³/mol. The second kappa shape index (κ2) is 4.42. The van der Waals surface area contributed by atoms with Gasteiger partial charge < -0.3 is 10.1 Å². The van der Waals surface area contributed by atoms with Gasteiger partial charge in [-0.2, -0.15) is 0 Å². The highest BCUT2D eigenvalue weighted by molar-refractivity contribution is 5.41. The summed E-state index contributed by atoms with van der Waals surface area (Å²) in [4.78, 5) is 0. The Morgan fingerprint density at radius 2 is 2.25 bits per heavy atom. The lowest BCUT2D eigenvalue weighted by Gasteiger charge is -2.22. The quantitative estimate of drug-likeness (QED) is 0.850. The largest absolute Gasteiger partial charge is 0.490 e. The van der Waals surface area contributed by atoms with E-state index in [1.807, 2.05) is 12.1 Å². The first-order valence-corrected chi connectivity index (χ1v) is 5.69. The molecule has 0 fully saturated rings. The van der Waals surface area contributed by atoms with Crippen molar-refractivity contribution in [1.82, 2.24) is 5.32 Å². The van der Waals surface area contributed by atoms with Gasteiger partial charge in [0, 0.05) is 12.1 Å². The molecule has 0 aromatic heterocycles. The number of alkyl halides is 1. The second-order valence-electron chi connectivity index (χ2n) is 4.83. The van der Waals surface area contributed by atoms with Crippen LogP contribution in [-0.4, -0.2) is 18.8 Å². The monoisotopic (exact) mass is 223 g/mol. The zero-order chi connectivity index (χ0) is 11.6. The van der Waals surface area contributed by atoms with Crippen LogP contribution in [0.2, 0.25) is 0 Å². The van der Waals surface area contributed by atoms with E-state index in [1.54, 1.807) is 0 Å². The van der Waals surface area contributed by atoms with Crippen LogP contribution in [0.15, 0.2) is 18.2 Å². The van der Waals surface area contributed by atoms with E-state index in [1.165, 1.54) is 25.0 Å². The van der Waals surface area contributed by atoms with Gasteiger partial charge in [0.05, 0.1) is 0 Å². The number of nitrogens with one attached hydrogen (secondary N) is 1. The van der Waals surface area contributed by atoms with Gasteiger partial charge in [-0.25, -0.2) is 4.39 Å². The Kier molecular flexibility index (Phi) is 3.15. The van der Waals surface area contributed by atoms with Crippen LogP contribution < -0.4 is 10.1 Å². The fraction of sp³-hybridized carbons (Fsp3) is 0.538. The van der Waals surface area contributed by atoms with Gasteiger partial charge in [0.25, 0.3) is 0 Å². The molecule has 0 bridgehead atoms. The smallest absolute Gasteiger partial charge is 0.139 e. The predicted octanol–water partition coefficient (Wildman–Crippen LogP) is 2.46. The fourth-order valence-corrected chi connectivity index (χ4v) is 1.87. The number of hydrogen-bond acceptors (Lipinski definition) is 2. The third kappa shape index (κ3) is 2.73. The molecule has 1 heterocycles. The second-order valence-corrected chi connectivity index (χ2v) is 4.83. The fourth-order valence-electron chi connectivity index (χ4n) is 1.87. The standard InChI is InChI=1S/C13H18FNO/c1-13(2,14)9-16-12-5-3-4-10-6-7-15-8-11(10)12/h3-5,15H,6-9H2,1-2H3. The minimum absolute atomic E-state index is 0.101. The molecule has 0 saturated carbocycles. The molecule has 0 aliphatic carbocycles. The number of benzene rings is 1. The normalized spacial score (nSPS) is 15.7. The number of rotatable bonds is 3. The highest BCUT2D eigenvalue weighted by Gasteiger charge is 2.19. The van der Waals surface area contributed by atoms with Crippen LogP contribution in [0.1, 0.15) is 25.0 Å². The van der Waals surface area contributed by atoms with E-state index >= 15 is 0 Å². The molecule has 3 heteroatoms. The van der Waals surface area contributed by atoms with E-state index in [4.69, 9.17) is 4.74 Å². The van der Waals surface area contributed by atoms with Crippen LogP contribution >= 0.6 is 0 Å². The van der Waals surface area contributed by atoms with Gasteiger partial charge in [-0.3, -0.25) is 0 Å². The molecule has 1 N–H and O–H groups in total. The summed E-state index contributed by atoms with van der Waals surface area (Å²) in [6.07, 6.45) is 1.02. The van der Waals surface area contributed by atoms with E-state index in [0.717, 1.165) is 25.3 Å². The summed E-state index contributed by atoms with van der Waals surface area (Å²) in [5, 5.41) is 3.30. The first-order valence-electron chi connectivity index (χ1n) is 5.69. The Morgan fingerprint density at radius 3 is 3.00 bits per heavy atom. The van der Waals surface area contributed by atoms with Gasteiger partial charge in [-0.15, -0.1) is 0 Å². The van der Waals surface area contributed by atoms with Crippen molar-refractivity contribution >= 4 is 0 Å². The van der Waals surface area contributed by atoms with Crippen molar-refractivity contribution in [2.45, 2.75) is 32.5 Å². The molecule has 0 atom stereocenters. The lowest BCUT2D eigenvalue weighted by atomic mass is 10.0. The van der Waals surface area contributed by atoms with E-state index in [2.05, 4.69) is 11.4 Å². The van der Waals surface area contributed by atoms with Crippen molar-refractivity contribution in [1.29, 1.82) is 0 Å². The van der Waals surface area contributed by atoms with E-state index in [9.17, 15) is 4.39 Å². The van der Waals surface area contributed by atoms with Crippen LogP contribution in [0.25, 0.3) is 0 Å². The van der Waals surface area contributed by atoms with Gasteiger partial charge in [-0.1, -0.05) is 12.1 Å². The zero-order valence-corrected chi connectivity index (χ0v) is 9.85. The Hall–Kier alpha value is -1.09. The van der Waals surface area contributed by atoms with E-state index in [0.29, 0.717) is 0 Å². The average molecular weight is 223 g/mol. The molecule has 0 saturated heterocycles. The third-order valence-corrected chi connectivity index (χ3v) is 2.67. The first-order chi connectivity index (χ1) is 7.56. The number of halogens is 1. The molecule has 1 aromatic rings. The first kappa shape index (κ1) is 11.4. The summed E-state index contributed by atoms with van der Waals surface area (Å²) >= 11 is 0. The van der Waals surface area contributed by atoms with E-state index in [-0.39, 0.29) is 6.61 Å². The molecule has 0 amide bonds. The van der Waals surface area contributed by atoms with Crippen LogP contribution in [-0.2, 0) is 13.0 Å². The maximum absolute atomic E-state index is 13.4. The van der Waals surface area contributed by atoms with Crippen LogP contribution in [0.4, 0.5) is 4.39 Å². The maximum atomic E-state index is 13.4. The van der Waals surface area contributed by atoms with Gasteiger partial charge in [0.1, 0.15) is 18.0 Å². The molecule has 2 rings (SSSR count). The summed E-state index contributed by atoms with van der Waals surface area (Å²) in [5.41, 5.74) is 1.20. The van der Waals surface area contributed by atoms with Crippen molar-refractivity contribution in [3.8, 4) is 5.75 Å². The molecular weight excluding hydrogens is 205 g/mol. The number of fused-ring (bicyclic) bond motifs is 1. The Bertz CT molecular complexity index is 371. The van der Waals surface area contributed by atoms with E-state index < -0.39 is 5.67 Å².